The van der Waals surface area contributed by atoms with Gasteiger partial charge in [0.05, 0.1) is 15.8 Å². The molecule has 0 aromatic heterocycles. The maximum absolute atomic E-state index is 12.9. The summed E-state index contributed by atoms with van der Waals surface area (Å²) < 4.78 is 18.5. The summed E-state index contributed by atoms with van der Waals surface area (Å²) in [5, 5.41) is 0. The molecule has 19 heavy (non-hydrogen) atoms. The number of rotatable bonds is 2. The maximum Gasteiger partial charge on any atom is 0.0856 e. The second-order valence-corrected chi connectivity index (χ2v) is 7.91. The molecule has 0 N–H and O–H groups in total. The molecule has 2 nitrogen and oxygen atoms in total. The minimum Gasteiger partial charge on any atom is -0.245 e. The molecule has 0 fully saturated rings. The Kier molecular flexibility index (Phi) is 3.46. The van der Waals surface area contributed by atoms with Crippen LogP contribution in [-0.2, 0) is 9.73 Å². The van der Waals surface area contributed by atoms with Crippen molar-refractivity contribution >= 4 is 25.7 Å². The number of nitrogens with zero attached hydrogens (tertiary/aromatic N) is 1. The topological polar surface area (TPSA) is 29.4 Å². The zero-order valence-corrected chi connectivity index (χ0v) is 12.7. The zero-order valence-electron chi connectivity index (χ0n) is 10.3. The van der Waals surface area contributed by atoms with Crippen molar-refractivity contribution in [1.29, 1.82) is 0 Å². The van der Waals surface area contributed by atoms with Crippen LogP contribution in [0, 0.1) is 0 Å². The Morgan fingerprint density at radius 1 is 1.05 bits per heavy atom. The lowest BCUT2D eigenvalue weighted by atomic mass is 10.1. The molecule has 1 heterocycles. The Morgan fingerprint density at radius 3 is 2.42 bits per heavy atom. The predicted octanol–water partition coefficient (Wildman–Crippen LogP) is 4.42. The van der Waals surface area contributed by atoms with E-state index < -0.39 is 9.73 Å². The molecule has 0 amide bonds. The fraction of sp³-hybridized carbons (Fsp3) is 0.200. The largest absolute Gasteiger partial charge is 0.245 e. The highest BCUT2D eigenvalue weighted by Gasteiger charge is 2.25. The molecular weight excluding hydrogens is 322 g/mol. The molecule has 0 radical (unpaired) electrons. The molecule has 4 heteroatoms. The molecule has 0 bridgehead atoms. The summed E-state index contributed by atoms with van der Waals surface area (Å²) in [6.45, 7) is 0. The molecule has 2 atom stereocenters. The first kappa shape index (κ1) is 12.9. The zero-order chi connectivity index (χ0) is 13.3. The van der Waals surface area contributed by atoms with Gasteiger partial charge in [0.1, 0.15) is 0 Å². The van der Waals surface area contributed by atoms with Crippen molar-refractivity contribution in [2.24, 2.45) is 4.36 Å². The minimum atomic E-state index is -2.24. The van der Waals surface area contributed by atoms with E-state index >= 15 is 0 Å². The van der Waals surface area contributed by atoms with Crippen molar-refractivity contribution in [3.05, 3.63) is 64.6 Å². The SMILES string of the molecule is O=S1(c2ccc(Br)cc2)=N[C@@H](c2ccccc2)CC1. The first-order chi connectivity index (χ1) is 9.17. The van der Waals surface area contributed by atoms with Gasteiger partial charge in [-0.15, -0.1) is 0 Å². The molecule has 2 aromatic rings. The minimum absolute atomic E-state index is 0.0670. The van der Waals surface area contributed by atoms with Crippen LogP contribution in [0.2, 0.25) is 0 Å². The average molecular weight is 336 g/mol. The number of halogens is 1. The lowest BCUT2D eigenvalue weighted by Crippen LogP contribution is -2.00. The van der Waals surface area contributed by atoms with E-state index in [1.807, 2.05) is 42.5 Å². The van der Waals surface area contributed by atoms with Gasteiger partial charge in [-0.25, -0.2) is 8.57 Å². The highest BCUT2D eigenvalue weighted by Crippen LogP contribution is 2.33. The molecule has 0 saturated carbocycles. The normalized spacial score (nSPS) is 26.1. The Hall–Kier alpha value is -1.13. The molecule has 2 aromatic carbocycles. The quantitative estimate of drug-likeness (QED) is 0.798. The maximum atomic E-state index is 12.9. The lowest BCUT2D eigenvalue weighted by Gasteiger charge is -2.05. The van der Waals surface area contributed by atoms with Crippen LogP contribution in [0.25, 0.3) is 0 Å². The number of benzene rings is 2. The van der Waals surface area contributed by atoms with Crippen LogP contribution < -0.4 is 0 Å². The van der Waals surface area contributed by atoms with Crippen LogP contribution >= 0.6 is 15.9 Å². The fourth-order valence-corrected chi connectivity index (χ4v) is 4.78. The smallest absolute Gasteiger partial charge is 0.0856 e. The van der Waals surface area contributed by atoms with E-state index in [1.54, 1.807) is 0 Å². The first-order valence-corrected chi connectivity index (χ1v) is 8.70. The van der Waals surface area contributed by atoms with Gasteiger partial charge >= 0.3 is 0 Å². The molecule has 3 rings (SSSR count). The van der Waals surface area contributed by atoms with E-state index in [9.17, 15) is 4.21 Å². The third-order valence-electron chi connectivity index (χ3n) is 3.33. The van der Waals surface area contributed by atoms with Gasteiger partial charge in [0, 0.05) is 15.1 Å². The first-order valence-electron chi connectivity index (χ1n) is 6.22. The molecular formula is C15H14BrNOS. The molecule has 0 saturated heterocycles. The Bertz CT molecular complexity index is 688. The van der Waals surface area contributed by atoms with Crippen molar-refractivity contribution < 1.29 is 4.21 Å². The van der Waals surface area contributed by atoms with Gasteiger partial charge in [-0.05, 0) is 36.2 Å². The summed E-state index contributed by atoms with van der Waals surface area (Å²) in [6.07, 6.45) is 0.860. The summed E-state index contributed by atoms with van der Waals surface area (Å²) in [5.74, 6) is 0.647. The molecule has 1 aliphatic rings. The monoisotopic (exact) mass is 335 g/mol. The van der Waals surface area contributed by atoms with Crippen LogP contribution in [0.1, 0.15) is 18.0 Å². The summed E-state index contributed by atoms with van der Waals surface area (Å²) in [6, 6.07) is 17.8. The van der Waals surface area contributed by atoms with Gasteiger partial charge in [0.2, 0.25) is 0 Å². The van der Waals surface area contributed by atoms with Gasteiger partial charge in [-0.3, -0.25) is 0 Å². The van der Waals surface area contributed by atoms with Crippen LogP contribution in [0.4, 0.5) is 0 Å². The van der Waals surface area contributed by atoms with Crippen molar-refractivity contribution in [2.75, 3.05) is 5.75 Å². The third kappa shape index (κ3) is 2.60. The van der Waals surface area contributed by atoms with Crippen molar-refractivity contribution in [3.63, 3.8) is 0 Å². The summed E-state index contributed by atoms with van der Waals surface area (Å²) in [4.78, 5) is 0.842. The molecule has 0 spiro atoms. The van der Waals surface area contributed by atoms with Crippen molar-refractivity contribution in [2.45, 2.75) is 17.4 Å². The summed E-state index contributed by atoms with van der Waals surface area (Å²) >= 11 is 3.40. The summed E-state index contributed by atoms with van der Waals surface area (Å²) in [5.41, 5.74) is 1.16. The van der Waals surface area contributed by atoms with Gasteiger partial charge in [-0.2, -0.15) is 0 Å². The van der Waals surface area contributed by atoms with E-state index in [-0.39, 0.29) is 6.04 Å². The van der Waals surface area contributed by atoms with Crippen molar-refractivity contribution in [3.8, 4) is 0 Å². The van der Waals surface area contributed by atoms with E-state index in [1.165, 1.54) is 0 Å². The van der Waals surface area contributed by atoms with Gasteiger partial charge in [0.25, 0.3) is 0 Å². The second-order valence-electron chi connectivity index (χ2n) is 4.62. The predicted molar refractivity (Wildman–Crippen MR) is 81.6 cm³/mol. The highest BCUT2D eigenvalue weighted by molar-refractivity contribution is 9.10. The standard InChI is InChI=1S/C15H14BrNOS/c16-13-6-8-14(9-7-13)19(18)11-10-15(17-19)12-4-2-1-3-5-12/h1-9,15H,10-11H2/t15-,19?/m1/s1. The van der Waals surface area contributed by atoms with Crippen LogP contribution in [0.5, 0.6) is 0 Å². The lowest BCUT2D eigenvalue weighted by molar-refractivity contribution is 0.678. The Morgan fingerprint density at radius 2 is 1.74 bits per heavy atom. The van der Waals surface area contributed by atoms with Gasteiger partial charge in [0.15, 0.2) is 0 Å². The molecule has 1 aliphatic heterocycles. The Labute approximate surface area is 122 Å². The number of hydrogen-bond acceptors (Lipinski definition) is 2. The van der Waals surface area contributed by atoms with E-state index in [0.29, 0.717) is 5.75 Å². The fourth-order valence-electron chi connectivity index (χ4n) is 2.31. The van der Waals surface area contributed by atoms with Gasteiger partial charge in [-0.1, -0.05) is 46.3 Å². The van der Waals surface area contributed by atoms with E-state index in [2.05, 4.69) is 32.4 Å². The Balaban J connectivity index is 1.98. The third-order valence-corrected chi connectivity index (χ3v) is 6.25. The van der Waals surface area contributed by atoms with Gasteiger partial charge < -0.3 is 0 Å². The van der Waals surface area contributed by atoms with Crippen LogP contribution in [0.3, 0.4) is 0 Å². The average Bonchev–Trinajstić information content (AvgIpc) is 2.84. The van der Waals surface area contributed by atoms with E-state index in [4.69, 9.17) is 0 Å². The molecule has 0 aliphatic carbocycles. The molecule has 1 unspecified atom stereocenters. The van der Waals surface area contributed by atoms with Crippen LogP contribution in [0.15, 0.2) is 68.3 Å². The summed E-state index contributed by atoms with van der Waals surface area (Å²) in [7, 11) is -2.24. The van der Waals surface area contributed by atoms with Crippen molar-refractivity contribution in [1.82, 2.24) is 0 Å². The highest BCUT2D eigenvalue weighted by atomic mass is 79.9. The number of hydrogen-bond donors (Lipinski definition) is 0. The van der Waals surface area contributed by atoms with Crippen LogP contribution in [-0.4, -0.2) is 9.96 Å². The van der Waals surface area contributed by atoms with E-state index in [0.717, 1.165) is 21.4 Å². The second kappa shape index (κ2) is 5.10. The molecule has 98 valence electrons.